The highest BCUT2D eigenvalue weighted by molar-refractivity contribution is 7.90. The first-order chi connectivity index (χ1) is 12.3. The van der Waals surface area contributed by atoms with Crippen LogP contribution in [0.4, 0.5) is 24.5 Å². The summed E-state index contributed by atoms with van der Waals surface area (Å²) in [5.41, 5.74) is -2.80. The molecule has 0 fully saturated rings. The van der Waals surface area contributed by atoms with Crippen LogP contribution >= 0.6 is 0 Å². The van der Waals surface area contributed by atoms with E-state index in [-0.39, 0.29) is 10.6 Å². The lowest BCUT2D eigenvalue weighted by molar-refractivity contribution is -0.137. The lowest BCUT2D eigenvalue weighted by Crippen LogP contribution is -2.17. The van der Waals surface area contributed by atoms with Crippen LogP contribution in [0.3, 0.4) is 0 Å². The quantitative estimate of drug-likeness (QED) is 0.716. The Kier molecular flexibility index (Phi) is 5.52. The maximum atomic E-state index is 13.0. The molecule has 0 unspecified atom stereocenters. The summed E-state index contributed by atoms with van der Waals surface area (Å²) in [4.78, 5) is 11.0. The summed E-state index contributed by atoms with van der Waals surface area (Å²) in [5.74, 6) is -1.67. The third-order valence-electron chi connectivity index (χ3n) is 3.41. The predicted molar refractivity (Wildman–Crippen MR) is 90.4 cm³/mol. The average Bonchev–Trinajstić information content (AvgIpc) is 2.53. The van der Waals surface area contributed by atoms with E-state index in [1.54, 1.807) is 0 Å². The molecule has 7 nitrogen and oxygen atoms in total. The molecular formula is C15H12F3NO6S2. The molecule has 2 aromatic rings. The minimum atomic E-state index is -4.90. The van der Waals surface area contributed by atoms with E-state index in [4.69, 9.17) is 5.11 Å². The van der Waals surface area contributed by atoms with Gasteiger partial charge in [-0.15, -0.1) is 0 Å². The molecule has 0 atom stereocenters. The molecule has 1 N–H and O–H groups in total. The van der Waals surface area contributed by atoms with Crippen LogP contribution < -0.4 is 4.31 Å². The van der Waals surface area contributed by atoms with Gasteiger partial charge in [-0.05, 0) is 42.5 Å². The molecule has 0 spiro atoms. The van der Waals surface area contributed by atoms with Gasteiger partial charge in [0.2, 0.25) is 10.9 Å². The highest BCUT2D eigenvalue weighted by atomic mass is 32.2. The van der Waals surface area contributed by atoms with Crippen molar-refractivity contribution in [2.24, 2.45) is 0 Å². The monoisotopic (exact) mass is 423 g/mol. The third-order valence-corrected chi connectivity index (χ3v) is 5.33. The Hall–Kier alpha value is -2.60. The number of nitrogens with zero attached hydrogens (tertiary/aromatic N) is 1. The van der Waals surface area contributed by atoms with Crippen LogP contribution in [0.5, 0.6) is 0 Å². The molecule has 2 rings (SSSR count). The number of hydrogen-bond donors (Lipinski definition) is 2. The summed E-state index contributed by atoms with van der Waals surface area (Å²) >= 11 is 0. The number of alkyl halides is 3. The molecule has 0 aliphatic heterocycles. The van der Waals surface area contributed by atoms with Crippen LogP contribution in [0.15, 0.2) is 47.4 Å². The van der Waals surface area contributed by atoms with Crippen molar-refractivity contribution in [1.82, 2.24) is 0 Å². The zero-order valence-electron chi connectivity index (χ0n) is 13.5. The molecule has 0 aromatic heterocycles. The molecule has 0 saturated carbocycles. The zero-order valence-corrected chi connectivity index (χ0v) is 15.2. The maximum absolute atomic E-state index is 13.0. The number of halogens is 3. The summed E-state index contributed by atoms with van der Waals surface area (Å²) < 4.78 is 85.8. The van der Waals surface area contributed by atoms with E-state index in [0.29, 0.717) is 16.4 Å². The lowest BCUT2D eigenvalue weighted by Gasteiger charge is -2.20. The maximum Gasteiger partial charge on any atom is 0.416 e. The Bertz CT molecular complexity index is 1050. The Balaban J connectivity index is 2.67. The van der Waals surface area contributed by atoms with Gasteiger partial charge in [-0.25, -0.2) is 25.9 Å². The number of anilines is 2. The fourth-order valence-electron chi connectivity index (χ4n) is 2.19. The van der Waals surface area contributed by atoms with Crippen LogP contribution in [0.25, 0.3) is 0 Å². The van der Waals surface area contributed by atoms with Gasteiger partial charge in [-0.2, -0.15) is 13.2 Å². The first kappa shape index (κ1) is 20.7. The van der Waals surface area contributed by atoms with E-state index in [0.717, 1.165) is 36.6 Å². The predicted octanol–water partition coefficient (Wildman–Crippen LogP) is 2.47. The van der Waals surface area contributed by atoms with Gasteiger partial charge < -0.3 is 5.11 Å². The summed E-state index contributed by atoms with van der Waals surface area (Å²) in [7, 11) is -7.08. The summed E-state index contributed by atoms with van der Waals surface area (Å²) in [6.07, 6.45) is -3.97. The second kappa shape index (κ2) is 7.19. The van der Waals surface area contributed by atoms with Gasteiger partial charge in [0.1, 0.15) is 0 Å². The molecule has 0 bridgehead atoms. The van der Waals surface area contributed by atoms with Gasteiger partial charge in [0.15, 0.2) is 9.84 Å². The van der Waals surface area contributed by atoms with Gasteiger partial charge in [0, 0.05) is 6.26 Å². The highest BCUT2D eigenvalue weighted by Gasteiger charge is 2.32. The molecule has 0 heterocycles. The Labute approximate surface area is 153 Å². The van der Waals surface area contributed by atoms with Gasteiger partial charge >= 0.3 is 12.1 Å². The smallest absolute Gasteiger partial charge is 0.416 e. The number of carboxylic acids is 1. The minimum absolute atomic E-state index is 0.123. The molecular weight excluding hydrogens is 411 g/mol. The third kappa shape index (κ3) is 4.77. The van der Waals surface area contributed by atoms with E-state index in [2.05, 4.69) is 0 Å². The van der Waals surface area contributed by atoms with Crippen molar-refractivity contribution in [2.75, 3.05) is 10.6 Å². The van der Waals surface area contributed by atoms with Gasteiger partial charge in [0.05, 0.1) is 27.4 Å². The molecule has 0 aliphatic carbocycles. The summed E-state index contributed by atoms with van der Waals surface area (Å²) in [5, 5.41) is 9.01. The van der Waals surface area contributed by atoms with E-state index >= 15 is 0 Å². The van der Waals surface area contributed by atoms with Crippen molar-refractivity contribution >= 4 is 38.1 Å². The fourth-order valence-corrected chi connectivity index (χ4v) is 3.45. The highest BCUT2D eigenvalue weighted by Crippen LogP contribution is 2.35. The van der Waals surface area contributed by atoms with E-state index < -0.39 is 49.7 Å². The largest absolute Gasteiger partial charge is 0.478 e. The molecule has 146 valence electrons. The minimum Gasteiger partial charge on any atom is -0.478 e. The van der Waals surface area contributed by atoms with Gasteiger partial charge in [0.25, 0.3) is 0 Å². The number of sulfone groups is 1. The number of thiol groups is 1. The van der Waals surface area contributed by atoms with Crippen LogP contribution in [0.2, 0.25) is 0 Å². The van der Waals surface area contributed by atoms with Crippen molar-refractivity contribution in [1.29, 1.82) is 0 Å². The number of hydrogen-bond acceptors (Lipinski definition) is 5. The number of rotatable bonds is 5. The molecule has 2 aromatic carbocycles. The van der Waals surface area contributed by atoms with Gasteiger partial charge in [-0.1, -0.05) is 0 Å². The summed E-state index contributed by atoms with van der Waals surface area (Å²) in [6.45, 7) is 0. The summed E-state index contributed by atoms with van der Waals surface area (Å²) in [6, 6.07) is 5.98. The second-order valence-electron chi connectivity index (χ2n) is 5.39. The number of benzene rings is 2. The first-order valence-electron chi connectivity index (χ1n) is 7.01. The standard InChI is InChI=1S/C15H12F3NO6S2/c1-27(24,25)13-4-2-11(3-5-13)19(26(22)23)12-7-9(14(20)21)6-10(8-12)15(16,17)18/h2-8,26H,1H3,(H,20,21). The normalized spacial score (nSPS) is 12.2. The van der Waals surface area contributed by atoms with Crippen LogP contribution in [-0.2, 0) is 26.9 Å². The van der Waals surface area contributed by atoms with Crippen LogP contribution in [0, 0.1) is 0 Å². The van der Waals surface area contributed by atoms with E-state index in [1.165, 1.54) is 0 Å². The molecule has 12 heteroatoms. The van der Waals surface area contributed by atoms with Crippen LogP contribution in [-0.4, -0.2) is 34.2 Å². The Morgan fingerprint density at radius 2 is 1.59 bits per heavy atom. The molecule has 0 amide bonds. The van der Waals surface area contributed by atoms with Crippen molar-refractivity contribution in [2.45, 2.75) is 11.1 Å². The Morgan fingerprint density at radius 3 is 2.00 bits per heavy atom. The fraction of sp³-hybridized carbons (Fsp3) is 0.133. The zero-order chi connectivity index (χ0) is 20.6. The number of carbonyl (C=O) groups is 1. The van der Waals surface area contributed by atoms with Crippen molar-refractivity contribution in [3.8, 4) is 0 Å². The molecule has 0 aliphatic rings. The number of aromatic carboxylic acids is 1. The Morgan fingerprint density at radius 1 is 1.04 bits per heavy atom. The van der Waals surface area contributed by atoms with E-state index in [9.17, 15) is 34.8 Å². The van der Waals surface area contributed by atoms with Crippen molar-refractivity contribution in [3.63, 3.8) is 0 Å². The van der Waals surface area contributed by atoms with Crippen LogP contribution in [0.1, 0.15) is 15.9 Å². The number of carboxylic acid groups (broad SMARTS) is 1. The molecule has 0 saturated heterocycles. The average molecular weight is 423 g/mol. The van der Waals surface area contributed by atoms with Crippen molar-refractivity contribution in [3.05, 3.63) is 53.6 Å². The van der Waals surface area contributed by atoms with Crippen molar-refractivity contribution < 1.29 is 39.9 Å². The van der Waals surface area contributed by atoms with E-state index in [1.807, 2.05) is 0 Å². The first-order valence-corrected chi connectivity index (χ1v) is 10.0. The molecule has 27 heavy (non-hydrogen) atoms. The lowest BCUT2D eigenvalue weighted by atomic mass is 10.1. The van der Waals surface area contributed by atoms with Gasteiger partial charge in [-0.3, -0.25) is 0 Å². The topological polar surface area (TPSA) is 109 Å². The SMILES string of the molecule is CS(=O)(=O)c1ccc(N(c2cc(C(=O)O)cc(C(F)(F)F)c2)[SH](=O)=O)cc1. The molecule has 0 radical (unpaired) electrons. The second-order valence-corrected chi connectivity index (χ2v) is 8.28.